The second-order valence-corrected chi connectivity index (χ2v) is 5.22. The van der Waals surface area contributed by atoms with E-state index in [-0.39, 0.29) is 0 Å². The molecule has 21 heavy (non-hydrogen) atoms. The highest BCUT2D eigenvalue weighted by Gasteiger charge is 2.07. The van der Waals surface area contributed by atoms with Gasteiger partial charge in [-0.25, -0.2) is 0 Å². The van der Waals surface area contributed by atoms with Crippen LogP contribution in [0.3, 0.4) is 0 Å². The number of hydrogen-bond acceptors (Lipinski definition) is 2. The Morgan fingerprint density at radius 2 is 2.05 bits per heavy atom. The molecule has 3 rings (SSSR count). The van der Waals surface area contributed by atoms with Crippen LogP contribution in [0.4, 0.5) is 0 Å². The number of ether oxygens (including phenoxy) is 1. The van der Waals surface area contributed by atoms with Crippen molar-refractivity contribution in [2.45, 2.75) is 6.54 Å². The largest absolute Gasteiger partial charge is 0.496 e. The van der Waals surface area contributed by atoms with Crippen molar-refractivity contribution in [1.29, 1.82) is 5.26 Å². The van der Waals surface area contributed by atoms with Crippen LogP contribution in [0.5, 0.6) is 5.75 Å². The molecule has 0 fully saturated rings. The molecule has 0 N–H and O–H groups in total. The molecule has 0 atom stereocenters. The zero-order valence-corrected chi connectivity index (χ0v) is 12.3. The first-order valence-corrected chi connectivity index (χ1v) is 6.90. The molecule has 2 aromatic carbocycles. The van der Waals surface area contributed by atoms with E-state index >= 15 is 0 Å². The van der Waals surface area contributed by atoms with Gasteiger partial charge in [-0.15, -0.1) is 0 Å². The highest BCUT2D eigenvalue weighted by atomic mass is 35.5. The molecule has 0 amide bonds. The Morgan fingerprint density at radius 1 is 1.19 bits per heavy atom. The molecule has 4 heteroatoms. The van der Waals surface area contributed by atoms with Gasteiger partial charge in [0.05, 0.1) is 25.3 Å². The minimum Gasteiger partial charge on any atom is -0.496 e. The van der Waals surface area contributed by atoms with E-state index in [0.29, 0.717) is 17.1 Å². The van der Waals surface area contributed by atoms with Crippen LogP contribution < -0.4 is 4.74 Å². The van der Waals surface area contributed by atoms with Gasteiger partial charge in [0.1, 0.15) is 5.75 Å². The lowest BCUT2D eigenvalue weighted by Crippen LogP contribution is -2.00. The van der Waals surface area contributed by atoms with E-state index in [2.05, 4.69) is 10.6 Å². The Hall–Kier alpha value is -2.44. The average molecular weight is 297 g/mol. The monoisotopic (exact) mass is 296 g/mol. The van der Waals surface area contributed by atoms with Gasteiger partial charge < -0.3 is 9.30 Å². The average Bonchev–Trinajstić information content (AvgIpc) is 2.90. The van der Waals surface area contributed by atoms with Crippen LogP contribution in [0.15, 0.2) is 48.7 Å². The third-order valence-corrected chi connectivity index (χ3v) is 3.72. The first-order valence-electron chi connectivity index (χ1n) is 6.52. The van der Waals surface area contributed by atoms with Crippen molar-refractivity contribution in [1.82, 2.24) is 4.57 Å². The van der Waals surface area contributed by atoms with Crippen LogP contribution in [0, 0.1) is 11.3 Å². The SMILES string of the molecule is COc1ccc(Cl)cc1Cn1ccc2cc(C#N)ccc21. The maximum atomic E-state index is 8.95. The van der Waals surface area contributed by atoms with Crippen LogP contribution in [0.1, 0.15) is 11.1 Å². The van der Waals surface area contributed by atoms with Crippen molar-refractivity contribution < 1.29 is 4.74 Å². The summed E-state index contributed by atoms with van der Waals surface area (Å²) in [5, 5.41) is 10.7. The van der Waals surface area contributed by atoms with Crippen molar-refractivity contribution in [3.05, 3.63) is 64.8 Å². The van der Waals surface area contributed by atoms with E-state index < -0.39 is 0 Å². The van der Waals surface area contributed by atoms with Crippen LogP contribution in [-0.2, 0) is 6.54 Å². The van der Waals surface area contributed by atoms with Crippen molar-refractivity contribution in [2.24, 2.45) is 0 Å². The van der Waals surface area contributed by atoms with E-state index in [1.807, 2.05) is 48.7 Å². The molecular weight excluding hydrogens is 284 g/mol. The van der Waals surface area contributed by atoms with Crippen LogP contribution >= 0.6 is 11.6 Å². The highest BCUT2D eigenvalue weighted by Crippen LogP contribution is 2.25. The molecule has 0 saturated carbocycles. The molecule has 0 radical (unpaired) electrons. The molecule has 0 unspecified atom stereocenters. The summed E-state index contributed by atoms with van der Waals surface area (Å²) in [6, 6.07) is 15.4. The third-order valence-electron chi connectivity index (χ3n) is 3.48. The smallest absolute Gasteiger partial charge is 0.123 e. The Bertz CT molecular complexity index is 846. The number of fused-ring (bicyclic) bond motifs is 1. The summed E-state index contributed by atoms with van der Waals surface area (Å²) in [7, 11) is 1.65. The lowest BCUT2D eigenvalue weighted by atomic mass is 10.1. The molecule has 0 spiro atoms. The first-order chi connectivity index (χ1) is 10.2. The normalized spacial score (nSPS) is 10.5. The third kappa shape index (κ3) is 2.58. The lowest BCUT2D eigenvalue weighted by Gasteiger charge is -2.11. The molecule has 0 aliphatic rings. The zero-order valence-electron chi connectivity index (χ0n) is 11.5. The molecular formula is C17H13ClN2O. The Labute approximate surface area is 127 Å². The van der Waals surface area contributed by atoms with Crippen molar-refractivity contribution in [3.63, 3.8) is 0 Å². The van der Waals surface area contributed by atoms with Gasteiger partial charge in [-0.1, -0.05) is 11.6 Å². The highest BCUT2D eigenvalue weighted by molar-refractivity contribution is 6.30. The number of rotatable bonds is 3. The summed E-state index contributed by atoms with van der Waals surface area (Å²) in [6.07, 6.45) is 2.01. The van der Waals surface area contributed by atoms with Crippen LogP contribution in [-0.4, -0.2) is 11.7 Å². The van der Waals surface area contributed by atoms with E-state index in [9.17, 15) is 0 Å². The predicted molar refractivity (Wildman–Crippen MR) is 83.8 cm³/mol. The first kappa shape index (κ1) is 13.5. The van der Waals surface area contributed by atoms with E-state index in [1.54, 1.807) is 7.11 Å². The molecule has 3 nitrogen and oxygen atoms in total. The van der Waals surface area contributed by atoms with Crippen LogP contribution in [0.2, 0.25) is 5.02 Å². The summed E-state index contributed by atoms with van der Waals surface area (Å²) in [5.74, 6) is 0.815. The Kier molecular flexibility index (Phi) is 3.55. The fraction of sp³-hybridized carbons (Fsp3) is 0.118. The standard InChI is InChI=1S/C17H13ClN2O/c1-21-17-5-3-15(18)9-14(17)11-20-7-6-13-8-12(10-19)2-4-16(13)20/h2-9H,11H2,1H3. The second kappa shape index (κ2) is 5.51. The summed E-state index contributed by atoms with van der Waals surface area (Å²) in [6.45, 7) is 0.666. The molecule has 104 valence electrons. The zero-order chi connectivity index (χ0) is 14.8. The van der Waals surface area contributed by atoms with Gasteiger partial charge in [-0.3, -0.25) is 0 Å². The summed E-state index contributed by atoms with van der Waals surface area (Å²) < 4.78 is 7.50. The van der Waals surface area contributed by atoms with Gasteiger partial charge in [0.25, 0.3) is 0 Å². The summed E-state index contributed by atoms with van der Waals surface area (Å²) >= 11 is 6.07. The fourth-order valence-electron chi connectivity index (χ4n) is 2.46. The maximum Gasteiger partial charge on any atom is 0.123 e. The van der Waals surface area contributed by atoms with Gasteiger partial charge in [0.15, 0.2) is 0 Å². The van der Waals surface area contributed by atoms with Crippen molar-refractivity contribution in [3.8, 4) is 11.8 Å². The topological polar surface area (TPSA) is 38.0 Å². The van der Waals surface area contributed by atoms with E-state index in [0.717, 1.165) is 22.2 Å². The number of methoxy groups -OCH3 is 1. The van der Waals surface area contributed by atoms with Gasteiger partial charge >= 0.3 is 0 Å². The van der Waals surface area contributed by atoms with Crippen molar-refractivity contribution >= 4 is 22.5 Å². The molecule has 1 aromatic heterocycles. The van der Waals surface area contributed by atoms with Crippen LogP contribution in [0.25, 0.3) is 10.9 Å². The number of nitriles is 1. The van der Waals surface area contributed by atoms with Gasteiger partial charge in [0, 0.05) is 27.7 Å². The van der Waals surface area contributed by atoms with E-state index in [4.69, 9.17) is 21.6 Å². The number of benzene rings is 2. The number of hydrogen-bond donors (Lipinski definition) is 0. The second-order valence-electron chi connectivity index (χ2n) is 4.79. The molecule has 0 saturated heterocycles. The molecule has 0 aliphatic carbocycles. The molecule has 0 aliphatic heterocycles. The number of aromatic nitrogens is 1. The fourth-order valence-corrected chi connectivity index (χ4v) is 2.66. The molecule has 1 heterocycles. The van der Waals surface area contributed by atoms with E-state index in [1.165, 1.54) is 0 Å². The van der Waals surface area contributed by atoms with Gasteiger partial charge in [0.2, 0.25) is 0 Å². The van der Waals surface area contributed by atoms with Gasteiger partial charge in [-0.2, -0.15) is 5.26 Å². The number of halogens is 1. The van der Waals surface area contributed by atoms with Crippen molar-refractivity contribution in [2.75, 3.05) is 7.11 Å². The number of nitrogens with zero attached hydrogens (tertiary/aromatic N) is 2. The molecule has 3 aromatic rings. The minimum atomic E-state index is 0.666. The summed E-state index contributed by atoms with van der Waals surface area (Å²) in [5.41, 5.74) is 2.77. The Balaban J connectivity index is 2.03. The Morgan fingerprint density at radius 3 is 2.81 bits per heavy atom. The summed E-state index contributed by atoms with van der Waals surface area (Å²) in [4.78, 5) is 0. The lowest BCUT2D eigenvalue weighted by molar-refractivity contribution is 0.408. The quantitative estimate of drug-likeness (QED) is 0.725. The molecule has 0 bridgehead atoms. The predicted octanol–water partition coefficient (Wildman–Crippen LogP) is 4.22. The maximum absolute atomic E-state index is 8.95. The van der Waals surface area contributed by atoms with Gasteiger partial charge in [-0.05, 0) is 42.5 Å². The minimum absolute atomic E-state index is 0.666.